The van der Waals surface area contributed by atoms with E-state index in [4.69, 9.17) is 0 Å². The molecule has 0 aliphatic rings. The molecule has 0 saturated heterocycles. The maximum atomic E-state index is 12.9. The van der Waals surface area contributed by atoms with E-state index in [1.807, 2.05) is 71.6 Å². The number of hydrogen-bond donors (Lipinski definition) is 0. The van der Waals surface area contributed by atoms with Gasteiger partial charge < -0.3 is 4.90 Å². The van der Waals surface area contributed by atoms with E-state index in [0.717, 1.165) is 31.5 Å². The van der Waals surface area contributed by atoms with Gasteiger partial charge in [0.15, 0.2) is 0 Å². The molecule has 0 aliphatic heterocycles. The average molecular weight is 329 g/mol. The summed E-state index contributed by atoms with van der Waals surface area (Å²) in [6.45, 7) is 1.45. The number of rotatable bonds is 7. The number of nitrogens with zero attached hydrogens (tertiary/aromatic N) is 1. The largest absolute Gasteiger partial charge is 0.338 e. The van der Waals surface area contributed by atoms with E-state index in [1.54, 1.807) is 0 Å². The zero-order chi connectivity index (χ0) is 17.3. The van der Waals surface area contributed by atoms with Crippen molar-refractivity contribution in [3.8, 4) is 0 Å². The fourth-order valence-electron chi connectivity index (χ4n) is 2.90. The summed E-state index contributed by atoms with van der Waals surface area (Å²) < 4.78 is 0. The molecule has 0 spiro atoms. The second kappa shape index (κ2) is 8.84. The summed E-state index contributed by atoms with van der Waals surface area (Å²) in [6, 6.07) is 30.2. The van der Waals surface area contributed by atoms with Crippen LogP contribution in [-0.2, 0) is 12.8 Å². The van der Waals surface area contributed by atoms with Crippen LogP contribution in [0.4, 0.5) is 0 Å². The molecule has 0 heterocycles. The molecule has 0 bridgehead atoms. The van der Waals surface area contributed by atoms with Crippen LogP contribution < -0.4 is 0 Å². The van der Waals surface area contributed by atoms with Crippen LogP contribution in [0, 0.1) is 0 Å². The zero-order valence-electron chi connectivity index (χ0n) is 14.3. The first-order chi connectivity index (χ1) is 12.3. The molecule has 0 unspecified atom stereocenters. The lowest BCUT2D eigenvalue weighted by Crippen LogP contribution is -2.34. The first kappa shape index (κ1) is 17.0. The summed E-state index contributed by atoms with van der Waals surface area (Å²) >= 11 is 0. The summed E-state index contributed by atoms with van der Waals surface area (Å²) in [5.74, 6) is 0.104. The third-order valence-electron chi connectivity index (χ3n) is 4.33. The molecule has 0 aliphatic carbocycles. The molecule has 0 aromatic heterocycles. The number of amides is 1. The van der Waals surface area contributed by atoms with Gasteiger partial charge in [0.05, 0.1) is 0 Å². The monoisotopic (exact) mass is 329 g/mol. The van der Waals surface area contributed by atoms with Crippen molar-refractivity contribution in [1.82, 2.24) is 4.90 Å². The molecule has 3 aromatic carbocycles. The zero-order valence-corrected chi connectivity index (χ0v) is 14.3. The Morgan fingerprint density at radius 3 is 1.44 bits per heavy atom. The fraction of sp³-hybridized carbons (Fsp3) is 0.174. The quantitative estimate of drug-likeness (QED) is 0.619. The van der Waals surface area contributed by atoms with Gasteiger partial charge in [0.1, 0.15) is 0 Å². The van der Waals surface area contributed by atoms with E-state index in [-0.39, 0.29) is 5.91 Å². The highest BCUT2D eigenvalue weighted by atomic mass is 16.2. The first-order valence-corrected chi connectivity index (χ1v) is 8.75. The highest BCUT2D eigenvalue weighted by molar-refractivity contribution is 5.94. The Balaban J connectivity index is 1.69. The standard InChI is InChI=1S/C23H23NO/c25-23(22-14-8-3-9-15-22)24(18-16-20-10-4-1-5-11-20)19-17-21-12-6-2-7-13-21/h1-15H,16-19H2. The minimum Gasteiger partial charge on any atom is -0.338 e. The van der Waals surface area contributed by atoms with Crippen LogP contribution in [0.1, 0.15) is 21.5 Å². The molecule has 3 rings (SSSR count). The molecule has 0 atom stereocenters. The number of hydrogen-bond acceptors (Lipinski definition) is 1. The van der Waals surface area contributed by atoms with Crippen molar-refractivity contribution in [2.45, 2.75) is 12.8 Å². The summed E-state index contributed by atoms with van der Waals surface area (Å²) in [5, 5.41) is 0. The Hall–Kier alpha value is -2.87. The van der Waals surface area contributed by atoms with Crippen molar-refractivity contribution in [2.75, 3.05) is 13.1 Å². The molecule has 3 aromatic rings. The lowest BCUT2D eigenvalue weighted by Gasteiger charge is -2.23. The minimum absolute atomic E-state index is 0.104. The molecular weight excluding hydrogens is 306 g/mol. The van der Waals surface area contributed by atoms with Crippen LogP contribution in [-0.4, -0.2) is 23.9 Å². The van der Waals surface area contributed by atoms with Gasteiger partial charge in [-0.1, -0.05) is 78.9 Å². The molecule has 25 heavy (non-hydrogen) atoms. The van der Waals surface area contributed by atoms with E-state index >= 15 is 0 Å². The van der Waals surface area contributed by atoms with E-state index in [0.29, 0.717) is 0 Å². The maximum Gasteiger partial charge on any atom is 0.253 e. The van der Waals surface area contributed by atoms with Crippen LogP contribution in [0.25, 0.3) is 0 Å². The maximum absolute atomic E-state index is 12.9. The molecule has 1 amide bonds. The van der Waals surface area contributed by atoms with Gasteiger partial charge in [-0.25, -0.2) is 0 Å². The Morgan fingerprint density at radius 2 is 1.00 bits per heavy atom. The molecule has 2 nitrogen and oxygen atoms in total. The number of carbonyl (C=O) groups is 1. The van der Waals surface area contributed by atoms with Crippen LogP contribution in [0.5, 0.6) is 0 Å². The van der Waals surface area contributed by atoms with Crippen molar-refractivity contribution in [2.24, 2.45) is 0 Å². The Bertz CT molecular complexity index is 725. The van der Waals surface area contributed by atoms with Crippen LogP contribution in [0.15, 0.2) is 91.0 Å². The molecule has 0 N–H and O–H groups in total. The van der Waals surface area contributed by atoms with Crippen molar-refractivity contribution in [3.05, 3.63) is 108 Å². The van der Waals surface area contributed by atoms with Crippen molar-refractivity contribution in [3.63, 3.8) is 0 Å². The fourth-order valence-corrected chi connectivity index (χ4v) is 2.90. The van der Waals surface area contributed by atoms with Gasteiger partial charge in [0, 0.05) is 18.7 Å². The normalized spacial score (nSPS) is 10.4. The van der Waals surface area contributed by atoms with Gasteiger partial charge in [-0.2, -0.15) is 0 Å². The van der Waals surface area contributed by atoms with Crippen LogP contribution in [0.2, 0.25) is 0 Å². The van der Waals surface area contributed by atoms with Crippen LogP contribution >= 0.6 is 0 Å². The van der Waals surface area contributed by atoms with Gasteiger partial charge >= 0.3 is 0 Å². The van der Waals surface area contributed by atoms with Gasteiger partial charge in [-0.15, -0.1) is 0 Å². The summed E-state index contributed by atoms with van der Waals surface area (Å²) in [6.07, 6.45) is 1.74. The Labute approximate surface area is 149 Å². The number of carbonyl (C=O) groups excluding carboxylic acids is 1. The van der Waals surface area contributed by atoms with Gasteiger partial charge in [-0.05, 0) is 36.1 Å². The lowest BCUT2D eigenvalue weighted by molar-refractivity contribution is 0.0759. The minimum atomic E-state index is 0.104. The van der Waals surface area contributed by atoms with E-state index in [9.17, 15) is 4.79 Å². The molecule has 0 radical (unpaired) electrons. The van der Waals surface area contributed by atoms with Gasteiger partial charge in [0.25, 0.3) is 5.91 Å². The van der Waals surface area contributed by atoms with E-state index < -0.39 is 0 Å². The third-order valence-corrected chi connectivity index (χ3v) is 4.33. The predicted octanol–water partition coefficient (Wildman–Crippen LogP) is 4.61. The molecule has 0 saturated carbocycles. The summed E-state index contributed by atoms with van der Waals surface area (Å²) in [7, 11) is 0. The third kappa shape index (κ3) is 5.05. The Kier molecular flexibility index (Phi) is 6.00. The molecule has 2 heteroatoms. The summed E-state index contributed by atoms with van der Waals surface area (Å²) in [4.78, 5) is 14.9. The second-order valence-electron chi connectivity index (χ2n) is 6.13. The van der Waals surface area contributed by atoms with Crippen LogP contribution in [0.3, 0.4) is 0 Å². The van der Waals surface area contributed by atoms with E-state index in [1.165, 1.54) is 11.1 Å². The summed E-state index contributed by atoms with van der Waals surface area (Å²) in [5.41, 5.74) is 3.27. The predicted molar refractivity (Wildman–Crippen MR) is 103 cm³/mol. The van der Waals surface area contributed by atoms with Crippen molar-refractivity contribution >= 4 is 5.91 Å². The van der Waals surface area contributed by atoms with E-state index in [2.05, 4.69) is 24.3 Å². The lowest BCUT2D eigenvalue weighted by atomic mass is 10.1. The average Bonchev–Trinajstić information content (AvgIpc) is 2.70. The SMILES string of the molecule is O=C(c1ccccc1)N(CCc1ccccc1)CCc1ccccc1. The highest BCUT2D eigenvalue weighted by Gasteiger charge is 2.15. The Morgan fingerprint density at radius 1 is 0.600 bits per heavy atom. The first-order valence-electron chi connectivity index (χ1n) is 8.75. The second-order valence-corrected chi connectivity index (χ2v) is 6.13. The molecule has 126 valence electrons. The van der Waals surface area contributed by atoms with Gasteiger partial charge in [-0.3, -0.25) is 4.79 Å². The van der Waals surface area contributed by atoms with Crippen molar-refractivity contribution in [1.29, 1.82) is 0 Å². The molecule has 0 fully saturated rings. The van der Waals surface area contributed by atoms with Gasteiger partial charge in [0.2, 0.25) is 0 Å². The topological polar surface area (TPSA) is 20.3 Å². The number of benzene rings is 3. The molecular formula is C23H23NO. The van der Waals surface area contributed by atoms with Crippen molar-refractivity contribution < 1.29 is 4.79 Å². The highest BCUT2D eigenvalue weighted by Crippen LogP contribution is 2.09. The smallest absolute Gasteiger partial charge is 0.253 e.